The lowest BCUT2D eigenvalue weighted by molar-refractivity contribution is 0.0963. The highest BCUT2D eigenvalue weighted by atomic mass is 32.1. The second-order valence-electron chi connectivity index (χ2n) is 8.77. The number of ketones is 2. The van der Waals surface area contributed by atoms with Gasteiger partial charge in [0.25, 0.3) is 0 Å². The highest BCUT2D eigenvalue weighted by Crippen LogP contribution is 2.41. The van der Waals surface area contributed by atoms with E-state index in [1.165, 1.54) is 11.3 Å². The van der Waals surface area contributed by atoms with Crippen molar-refractivity contribution in [2.45, 2.75) is 45.1 Å². The van der Waals surface area contributed by atoms with Crippen molar-refractivity contribution >= 4 is 33.9 Å². The minimum atomic E-state index is 0.108. The molecule has 5 nitrogen and oxygen atoms in total. The molecule has 6 heteroatoms. The average Bonchev–Trinajstić information content (AvgIpc) is 3.61. The van der Waals surface area contributed by atoms with Gasteiger partial charge in [-0.05, 0) is 67.6 Å². The van der Waals surface area contributed by atoms with Gasteiger partial charge in [0.05, 0.1) is 20.8 Å². The number of imidazole rings is 1. The molecule has 0 unspecified atom stereocenters. The molecule has 0 N–H and O–H groups in total. The van der Waals surface area contributed by atoms with Gasteiger partial charge in [-0.3, -0.25) is 14.6 Å². The first-order chi connectivity index (χ1) is 16.6. The number of carbonyl (C=O) groups excluding carboxylic acids is 2. The monoisotopic (exact) mass is 467 g/mol. The number of fused-ring (bicyclic) bond motifs is 1. The van der Waals surface area contributed by atoms with Crippen LogP contribution in [0, 0.1) is 18.3 Å². The topological polar surface area (TPSA) is 64.8 Å². The van der Waals surface area contributed by atoms with Crippen molar-refractivity contribution in [3.8, 4) is 23.9 Å². The quantitative estimate of drug-likeness (QED) is 0.235. The lowest BCUT2D eigenvalue weighted by atomic mass is 10.00. The standard InChI is InChI=1S/C28H25N3O2S/c1-3-21-11-13-27(34-21)26(33)16-18-8-10-20(15-18)31-24-12-9-19(25(32)4-2)17-23(24)30-28(31)22-7-5-6-14-29-22/h1,5-7,9,11-14,17-18,20H,4,8,10,15-16H2,2H3/t18-,20+/m1/s1. The molecule has 0 amide bonds. The molecule has 1 fully saturated rings. The van der Waals surface area contributed by atoms with Crippen LogP contribution < -0.4 is 0 Å². The summed E-state index contributed by atoms with van der Waals surface area (Å²) in [6.07, 6.45) is 11.1. The van der Waals surface area contributed by atoms with Crippen LogP contribution in [0.25, 0.3) is 22.6 Å². The van der Waals surface area contributed by atoms with Crippen LogP contribution >= 0.6 is 11.3 Å². The van der Waals surface area contributed by atoms with Crippen molar-refractivity contribution in [1.29, 1.82) is 0 Å². The third-order valence-electron chi connectivity index (χ3n) is 6.60. The molecular formula is C28H25N3O2S. The van der Waals surface area contributed by atoms with Crippen LogP contribution in [0.3, 0.4) is 0 Å². The summed E-state index contributed by atoms with van der Waals surface area (Å²) >= 11 is 1.39. The summed E-state index contributed by atoms with van der Waals surface area (Å²) in [6, 6.07) is 15.5. The number of Topliss-reactive ketones (excluding diaryl/α,β-unsaturated/α-hetero) is 2. The number of benzene rings is 1. The second-order valence-corrected chi connectivity index (χ2v) is 9.85. The maximum absolute atomic E-state index is 12.8. The highest BCUT2D eigenvalue weighted by molar-refractivity contribution is 7.14. The normalized spacial score (nSPS) is 17.6. The lowest BCUT2D eigenvalue weighted by Gasteiger charge is -2.17. The summed E-state index contributed by atoms with van der Waals surface area (Å²) in [5, 5.41) is 0. The lowest BCUT2D eigenvalue weighted by Crippen LogP contribution is -2.10. The van der Waals surface area contributed by atoms with E-state index in [1.807, 2.05) is 55.5 Å². The van der Waals surface area contributed by atoms with E-state index < -0.39 is 0 Å². The van der Waals surface area contributed by atoms with Gasteiger partial charge in [0, 0.05) is 30.6 Å². The van der Waals surface area contributed by atoms with E-state index in [2.05, 4.69) is 15.5 Å². The Bertz CT molecular complexity index is 1410. The molecule has 0 saturated heterocycles. The van der Waals surface area contributed by atoms with Crippen molar-refractivity contribution in [2.75, 3.05) is 0 Å². The molecule has 1 aliphatic rings. The van der Waals surface area contributed by atoms with Crippen LogP contribution in [0.4, 0.5) is 0 Å². The van der Waals surface area contributed by atoms with Gasteiger partial charge in [-0.25, -0.2) is 4.98 Å². The second kappa shape index (κ2) is 9.36. The molecular weight excluding hydrogens is 442 g/mol. The zero-order chi connectivity index (χ0) is 23.7. The number of hydrogen-bond acceptors (Lipinski definition) is 5. The average molecular weight is 468 g/mol. The molecule has 34 heavy (non-hydrogen) atoms. The molecule has 4 aromatic rings. The maximum atomic E-state index is 12.8. The maximum Gasteiger partial charge on any atom is 0.173 e. The van der Waals surface area contributed by atoms with E-state index in [1.54, 1.807) is 6.20 Å². The van der Waals surface area contributed by atoms with Crippen LogP contribution in [0.5, 0.6) is 0 Å². The van der Waals surface area contributed by atoms with E-state index in [0.717, 1.165) is 51.6 Å². The Kier molecular flexibility index (Phi) is 6.12. The summed E-state index contributed by atoms with van der Waals surface area (Å²) in [6.45, 7) is 1.87. The summed E-state index contributed by atoms with van der Waals surface area (Å²) in [5.74, 6) is 4.00. The number of rotatable bonds is 7. The Morgan fingerprint density at radius 3 is 2.76 bits per heavy atom. The molecule has 3 heterocycles. The SMILES string of the molecule is C#Cc1ccc(C(=O)C[C@@H]2CC[C@H](n3c(-c4ccccn4)nc4cc(C(=O)CC)ccc43)C2)s1. The molecule has 2 atom stereocenters. The van der Waals surface area contributed by atoms with Crippen LogP contribution in [-0.4, -0.2) is 26.1 Å². The third kappa shape index (κ3) is 4.20. The van der Waals surface area contributed by atoms with E-state index in [9.17, 15) is 9.59 Å². The molecule has 1 saturated carbocycles. The fourth-order valence-corrected chi connectivity index (χ4v) is 5.68. The fourth-order valence-electron chi connectivity index (χ4n) is 4.92. The minimum Gasteiger partial charge on any atom is -0.320 e. The summed E-state index contributed by atoms with van der Waals surface area (Å²) < 4.78 is 2.27. The van der Waals surface area contributed by atoms with E-state index >= 15 is 0 Å². The van der Waals surface area contributed by atoms with E-state index in [-0.39, 0.29) is 17.6 Å². The molecule has 0 bridgehead atoms. The number of pyridine rings is 1. The van der Waals surface area contributed by atoms with E-state index in [4.69, 9.17) is 11.4 Å². The van der Waals surface area contributed by atoms with Crippen LogP contribution in [0.2, 0.25) is 0 Å². The largest absolute Gasteiger partial charge is 0.320 e. The Morgan fingerprint density at radius 2 is 2.03 bits per heavy atom. The van der Waals surface area contributed by atoms with Crippen molar-refractivity contribution in [1.82, 2.24) is 14.5 Å². The Balaban J connectivity index is 1.46. The number of aromatic nitrogens is 3. The van der Waals surface area contributed by atoms with Crippen molar-refractivity contribution in [3.63, 3.8) is 0 Å². The molecule has 3 aromatic heterocycles. The number of terminal acetylenes is 1. The van der Waals surface area contributed by atoms with Gasteiger partial charge in [-0.1, -0.05) is 18.9 Å². The third-order valence-corrected chi connectivity index (χ3v) is 7.66. The zero-order valence-electron chi connectivity index (χ0n) is 19.0. The Morgan fingerprint density at radius 1 is 1.15 bits per heavy atom. The Hall–Kier alpha value is -3.56. The molecule has 0 aliphatic heterocycles. The number of hydrogen-bond donors (Lipinski definition) is 0. The summed E-state index contributed by atoms with van der Waals surface area (Å²) in [5.41, 5.74) is 3.30. The van der Waals surface area contributed by atoms with Crippen molar-refractivity contribution in [2.24, 2.45) is 5.92 Å². The molecule has 0 radical (unpaired) electrons. The smallest absolute Gasteiger partial charge is 0.173 e. The fraction of sp³-hybridized carbons (Fsp3) is 0.286. The van der Waals surface area contributed by atoms with Crippen LogP contribution in [0.15, 0.2) is 54.7 Å². The molecule has 1 aromatic carbocycles. The first-order valence-electron chi connectivity index (χ1n) is 11.6. The van der Waals surface area contributed by atoms with Crippen molar-refractivity contribution < 1.29 is 9.59 Å². The number of nitrogens with zero attached hydrogens (tertiary/aromatic N) is 3. The predicted octanol–water partition coefficient (Wildman–Crippen LogP) is 6.35. The van der Waals surface area contributed by atoms with Crippen LogP contribution in [0.1, 0.15) is 70.0 Å². The van der Waals surface area contributed by atoms with Gasteiger partial charge in [0.1, 0.15) is 5.69 Å². The van der Waals surface area contributed by atoms with Gasteiger partial charge in [0.2, 0.25) is 0 Å². The molecule has 5 rings (SSSR count). The van der Waals surface area contributed by atoms with Gasteiger partial charge in [0.15, 0.2) is 17.4 Å². The molecule has 1 aliphatic carbocycles. The summed E-state index contributed by atoms with van der Waals surface area (Å²) in [4.78, 5) is 36.1. The predicted molar refractivity (Wildman–Crippen MR) is 135 cm³/mol. The van der Waals surface area contributed by atoms with Gasteiger partial charge in [-0.2, -0.15) is 0 Å². The zero-order valence-corrected chi connectivity index (χ0v) is 19.8. The van der Waals surface area contributed by atoms with Gasteiger partial charge >= 0.3 is 0 Å². The van der Waals surface area contributed by atoms with Crippen LogP contribution in [-0.2, 0) is 0 Å². The van der Waals surface area contributed by atoms with Gasteiger partial charge < -0.3 is 4.57 Å². The Labute approximate surface area is 202 Å². The molecule has 0 spiro atoms. The molecule has 170 valence electrons. The first-order valence-corrected chi connectivity index (χ1v) is 12.4. The first kappa shape index (κ1) is 22.2. The highest BCUT2D eigenvalue weighted by Gasteiger charge is 2.31. The van der Waals surface area contributed by atoms with Gasteiger partial charge in [-0.15, -0.1) is 17.8 Å². The van der Waals surface area contributed by atoms with Crippen molar-refractivity contribution in [3.05, 3.63) is 70.0 Å². The number of thiophene rings is 1. The summed E-state index contributed by atoms with van der Waals surface area (Å²) in [7, 11) is 0. The minimum absolute atomic E-state index is 0.108. The van der Waals surface area contributed by atoms with E-state index in [0.29, 0.717) is 24.3 Å². The number of carbonyl (C=O) groups is 2.